The molecule has 1 aliphatic rings. The van der Waals surface area contributed by atoms with E-state index in [2.05, 4.69) is 0 Å². The molecule has 7 heteroatoms. The number of hydrogen-bond acceptors (Lipinski definition) is 5. The van der Waals surface area contributed by atoms with Gasteiger partial charge in [0.15, 0.2) is 0 Å². The predicted molar refractivity (Wildman–Crippen MR) is 85.8 cm³/mol. The van der Waals surface area contributed by atoms with Crippen LogP contribution in [0.3, 0.4) is 0 Å². The van der Waals surface area contributed by atoms with Crippen molar-refractivity contribution < 1.29 is 15.0 Å². The lowest BCUT2D eigenvalue weighted by Crippen LogP contribution is -2.35. The van der Waals surface area contributed by atoms with Gasteiger partial charge in [0, 0.05) is 24.7 Å². The lowest BCUT2D eigenvalue weighted by atomic mass is 9.62. The lowest BCUT2D eigenvalue weighted by Gasteiger charge is -2.41. The molecular weight excluding hydrogens is 300 g/mol. The molecule has 0 amide bonds. The van der Waals surface area contributed by atoms with E-state index in [4.69, 9.17) is 0 Å². The molecule has 7 nitrogen and oxygen atoms in total. The maximum absolute atomic E-state index is 11.7. The molecule has 0 heterocycles. The van der Waals surface area contributed by atoms with Gasteiger partial charge in [0.1, 0.15) is 5.56 Å². The average molecular weight is 322 g/mol. The molecule has 0 saturated heterocycles. The van der Waals surface area contributed by atoms with Gasteiger partial charge in [-0.05, 0) is 29.2 Å². The Labute approximate surface area is 134 Å². The van der Waals surface area contributed by atoms with Crippen molar-refractivity contribution in [1.82, 2.24) is 0 Å². The molecule has 0 unspecified atom stereocenters. The van der Waals surface area contributed by atoms with Gasteiger partial charge >= 0.3 is 0 Å². The molecule has 2 rings (SSSR count). The van der Waals surface area contributed by atoms with Crippen molar-refractivity contribution in [1.29, 1.82) is 0 Å². The van der Waals surface area contributed by atoms with E-state index in [0.29, 0.717) is 11.1 Å². The Hall–Kier alpha value is -2.02. The highest BCUT2D eigenvalue weighted by molar-refractivity contribution is 5.66. The summed E-state index contributed by atoms with van der Waals surface area (Å²) in [6, 6.07) is 1.48. The summed E-state index contributed by atoms with van der Waals surface area (Å²) >= 11 is 0. The van der Waals surface area contributed by atoms with Gasteiger partial charge < -0.3 is 5.11 Å². The number of nitrogens with zero attached hydrogens (tertiary/aromatic N) is 2. The summed E-state index contributed by atoms with van der Waals surface area (Å²) in [7, 11) is 0. The first kappa shape index (κ1) is 17.3. The van der Waals surface area contributed by atoms with E-state index in [1.165, 1.54) is 6.07 Å². The Morgan fingerprint density at radius 2 is 1.65 bits per heavy atom. The van der Waals surface area contributed by atoms with E-state index in [1.807, 2.05) is 27.7 Å². The van der Waals surface area contributed by atoms with Crippen molar-refractivity contribution in [3.63, 3.8) is 0 Å². The summed E-state index contributed by atoms with van der Waals surface area (Å²) in [4.78, 5) is 22.1. The van der Waals surface area contributed by atoms with Gasteiger partial charge in [-0.1, -0.05) is 27.7 Å². The topological polar surface area (TPSA) is 107 Å². The minimum Gasteiger partial charge on any atom is -0.396 e. The molecule has 1 N–H and O–H groups in total. The van der Waals surface area contributed by atoms with Gasteiger partial charge in [-0.15, -0.1) is 0 Å². The Kier molecular flexibility index (Phi) is 4.19. The van der Waals surface area contributed by atoms with Crippen molar-refractivity contribution >= 4 is 11.4 Å². The second-order valence-electron chi connectivity index (χ2n) is 7.40. The summed E-state index contributed by atoms with van der Waals surface area (Å²) in [5.41, 5.74) is 0.00927. The van der Waals surface area contributed by atoms with Crippen molar-refractivity contribution in [3.05, 3.63) is 43.0 Å². The molecule has 0 fully saturated rings. The first-order chi connectivity index (χ1) is 10.5. The van der Waals surface area contributed by atoms with Crippen molar-refractivity contribution in [2.45, 2.75) is 57.8 Å². The Morgan fingerprint density at radius 1 is 1.09 bits per heavy atom. The number of aliphatic hydroxyl groups excluding tert-OH is 1. The van der Waals surface area contributed by atoms with Crippen LogP contribution in [-0.2, 0) is 17.3 Å². The van der Waals surface area contributed by atoms with Gasteiger partial charge in [-0.3, -0.25) is 20.2 Å². The van der Waals surface area contributed by atoms with E-state index in [1.54, 1.807) is 0 Å². The Bertz CT molecular complexity index is 680. The van der Waals surface area contributed by atoms with Crippen LogP contribution in [0.1, 0.15) is 57.2 Å². The maximum atomic E-state index is 11.7. The van der Waals surface area contributed by atoms with E-state index < -0.39 is 15.3 Å². The van der Waals surface area contributed by atoms with Gasteiger partial charge in [0.2, 0.25) is 0 Å². The van der Waals surface area contributed by atoms with Crippen LogP contribution in [0.2, 0.25) is 0 Å². The first-order valence-electron chi connectivity index (χ1n) is 7.63. The number of rotatable bonds is 4. The quantitative estimate of drug-likeness (QED) is 0.675. The number of nitro groups is 2. The fourth-order valence-corrected chi connectivity index (χ4v) is 3.52. The summed E-state index contributed by atoms with van der Waals surface area (Å²) in [6.45, 7) is 7.41. The van der Waals surface area contributed by atoms with E-state index in [0.717, 1.165) is 12.8 Å². The molecule has 0 radical (unpaired) electrons. The van der Waals surface area contributed by atoms with Crippen LogP contribution in [0.4, 0.5) is 11.4 Å². The first-order valence-corrected chi connectivity index (χ1v) is 7.63. The maximum Gasteiger partial charge on any atom is 0.283 e. The van der Waals surface area contributed by atoms with Crippen LogP contribution >= 0.6 is 0 Å². The predicted octanol–water partition coefficient (Wildman–Crippen LogP) is 3.39. The normalized spacial score (nSPS) is 18.3. The highest BCUT2D eigenvalue weighted by atomic mass is 16.6. The number of benzene rings is 1. The summed E-state index contributed by atoms with van der Waals surface area (Å²) in [5.74, 6) is 0. The third-order valence-corrected chi connectivity index (χ3v) is 4.90. The van der Waals surface area contributed by atoms with Crippen LogP contribution in [0, 0.1) is 20.2 Å². The van der Waals surface area contributed by atoms with Crippen LogP contribution in [0.25, 0.3) is 0 Å². The molecule has 0 saturated carbocycles. The number of nitro benzene ring substituents is 2. The molecule has 126 valence electrons. The zero-order valence-electron chi connectivity index (χ0n) is 13.9. The molecule has 0 spiro atoms. The summed E-state index contributed by atoms with van der Waals surface area (Å²) in [6.07, 6.45) is 1.47. The van der Waals surface area contributed by atoms with Crippen molar-refractivity contribution in [3.8, 4) is 0 Å². The van der Waals surface area contributed by atoms with E-state index >= 15 is 0 Å². The number of aliphatic hydroxyl groups is 1. The zero-order valence-corrected chi connectivity index (χ0v) is 13.9. The fraction of sp³-hybridized carbons (Fsp3) is 0.625. The summed E-state index contributed by atoms with van der Waals surface area (Å²) < 4.78 is 0. The molecule has 0 aliphatic heterocycles. The van der Waals surface area contributed by atoms with Crippen molar-refractivity contribution in [2.24, 2.45) is 0 Å². The second kappa shape index (κ2) is 5.56. The lowest BCUT2D eigenvalue weighted by molar-refractivity contribution is -0.396. The monoisotopic (exact) mass is 322 g/mol. The largest absolute Gasteiger partial charge is 0.396 e. The van der Waals surface area contributed by atoms with Crippen molar-refractivity contribution in [2.75, 3.05) is 6.61 Å². The van der Waals surface area contributed by atoms with Gasteiger partial charge in [-0.2, -0.15) is 0 Å². The van der Waals surface area contributed by atoms with Gasteiger partial charge in [-0.25, -0.2) is 0 Å². The van der Waals surface area contributed by atoms with Crippen LogP contribution < -0.4 is 0 Å². The fourth-order valence-electron chi connectivity index (χ4n) is 3.52. The van der Waals surface area contributed by atoms with Crippen LogP contribution in [0.5, 0.6) is 0 Å². The van der Waals surface area contributed by atoms with E-state index in [-0.39, 0.29) is 35.4 Å². The molecule has 1 aromatic rings. The minimum absolute atomic E-state index is 0.0204. The molecule has 0 atom stereocenters. The molecule has 0 aromatic heterocycles. The summed E-state index contributed by atoms with van der Waals surface area (Å²) in [5, 5.41) is 32.4. The zero-order chi connectivity index (χ0) is 17.6. The molecular formula is C16H22N2O5. The smallest absolute Gasteiger partial charge is 0.283 e. The highest BCUT2D eigenvalue weighted by Gasteiger charge is 2.45. The number of fused-ring (bicyclic) bond motifs is 1. The molecule has 23 heavy (non-hydrogen) atoms. The third kappa shape index (κ3) is 2.81. The number of hydrogen-bond donors (Lipinski definition) is 1. The van der Waals surface area contributed by atoms with Crippen LogP contribution in [-0.4, -0.2) is 21.6 Å². The van der Waals surface area contributed by atoms with E-state index in [9.17, 15) is 25.3 Å². The molecule has 1 aromatic carbocycles. The Balaban J connectivity index is 2.98. The standard InChI is InChI=1S/C16H22N2O5/c1-15(2)6-7-16(3,4)13-11(15)9-12(17(20)21)10(5-8-19)14(13)18(22)23/h9,19H,5-8H2,1-4H3. The van der Waals surface area contributed by atoms with Crippen LogP contribution in [0.15, 0.2) is 6.07 Å². The SMILES string of the molecule is CC1(C)CCC(C)(C)c2c1cc([N+](=O)[O-])c(CCO)c2[N+](=O)[O-]. The van der Waals surface area contributed by atoms with Gasteiger partial charge in [0.05, 0.1) is 9.85 Å². The average Bonchev–Trinajstić information content (AvgIpc) is 2.43. The Morgan fingerprint density at radius 3 is 2.13 bits per heavy atom. The highest BCUT2D eigenvalue weighted by Crippen LogP contribution is 2.52. The van der Waals surface area contributed by atoms with Gasteiger partial charge in [0.25, 0.3) is 11.4 Å². The molecule has 0 bridgehead atoms. The molecule has 1 aliphatic carbocycles. The third-order valence-electron chi connectivity index (χ3n) is 4.90. The minimum atomic E-state index is -0.587. The second-order valence-corrected chi connectivity index (χ2v) is 7.40.